The monoisotopic (exact) mass is 253 g/mol. The Bertz CT molecular complexity index is 594. The number of nitrogen functional groups attached to an aromatic ring is 1. The molecule has 4 N–H and O–H groups in total. The summed E-state index contributed by atoms with van der Waals surface area (Å²) in [5.41, 5.74) is 6.17. The van der Waals surface area contributed by atoms with Crippen LogP contribution in [0.5, 0.6) is 0 Å². The number of nitrogens with zero attached hydrogens (tertiary/aromatic N) is 2. The van der Waals surface area contributed by atoms with Gasteiger partial charge in [0.25, 0.3) is 0 Å². The molecule has 0 saturated carbocycles. The Balaban J connectivity index is 2.14. The van der Waals surface area contributed by atoms with Crippen LogP contribution in [0.2, 0.25) is 0 Å². The number of aromatic amines is 1. The van der Waals surface area contributed by atoms with Crippen LogP contribution in [0.4, 0.5) is 5.82 Å². The maximum absolute atomic E-state index is 11.9. The van der Waals surface area contributed by atoms with Gasteiger partial charge in [0, 0.05) is 30.6 Å². The number of anilines is 1. The minimum atomic E-state index is -3.57. The van der Waals surface area contributed by atoms with Gasteiger partial charge >= 0.3 is 0 Å². The van der Waals surface area contributed by atoms with Crippen molar-refractivity contribution < 1.29 is 8.42 Å². The average Bonchev–Trinajstić information content (AvgIpc) is 2.79. The lowest BCUT2D eigenvalue weighted by Crippen LogP contribution is -2.23. The molecular weight excluding hydrogens is 242 g/mol. The summed E-state index contributed by atoms with van der Waals surface area (Å²) in [6.07, 6.45) is 4.51. The molecule has 0 amide bonds. The first-order valence-electron chi connectivity index (χ1n) is 4.77. The lowest BCUT2D eigenvalue weighted by molar-refractivity contribution is 0.581. The topological polar surface area (TPSA) is 114 Å². The molecule has 0 aromatic carbocycles. The highest BCUT2D eigenvalue weighted by atomic mass is 32.2. The largest absolute Gasteiger partial charge is 0.384 e. The van der Waals surface area contributed by atoms with Crippen molar-refractivity contribution in [1.82, 2.24) is 19.9 Å². The molecule has 0 saturated heterocycles. The molecule has 8 heteroatoms. The summed E-state index contributed by atoms with van der Waals surface area (Å²) in [6.45, 7) is 0.168. The molecule has 2 aromatic heterocycles. The van der Waals surface area contributed by atoms with Crippen molar-refractivity contribution in [2.75, 3.05) is 5.73 Å². The first-order chi connectivity index (χ1) is 8.08. The number of aromatic nitrogens is 3. The predicted octanol–water partition coefficient (Wildman–Crippen LogP) is -0.135. The van der Waals surface area contributed by atoms with Gasteiger partial charge in [-0.05, 0) is 6.07 Å². The van der Waals surface area contributed by atoms with Crippen molar-refractivity contribution >= 4 is 15.8 Å². The first kappa shape index (κ1) is 11.6. The van der Waals surface area contributed by atoms with Crippen LogP contribution in [0.3, 0.4) is 0 Å². The Morgan fingerprint density at radius 2 is 2.29 bits per heavy atom. The molecule has 0 aliphatic rings. The minimum Gasteiger partial charge on any atom is -0.384 e. The lowest BCUT2D eigenvalue weighted by Gasteiger charge is -2.05. The summed E-state index contributed by atoms with van der Waals surface area (Å²) in [7, 11) is -3.57. The molecule has 0 spiro atoms. The highest BCUT2D eigenvalue weighted by Gasteiger charge is 2.14. The fourth-order valence-electron chi connectivity index (χ4n) is 1.23. The van der Waals surface area contributed by atoms with Crippen LogP contribution in [0.15, 0.2) is 35.6 Å². The zero-order valence-corrected chi connectivity index (χ0v) is 9.61. The molecule has 7 nitrogen and oxygen atoms in total. The van der Waals surface area contributed by atoms with Gasteiger partial charge in [-0.1, -0.05) is 0 Å². The molecule has 2 heterocycles. The third kappa shape index (κ3) is 2.80. The van der Waals surface area contributed by atoms with Gasteiger partial charge in [-0.15, -0.1) is 0 Å². The Hall–Kier alpha value is -1.93. The summed E-state index contributed by atoms with van der Waals surface area (Å²) < 4.78 is 26.1. The van der Waals surface area contributed by atoms with E-state index in [-0.39, 0.29) is 17.3 Å². The van der Waals surface area contributed by atoms with E-state index in [1.807, 2.05) is 0 Å². The predicted molar refractivity (Wildman–Crippen MR) is 61.3 cm³/mol. The SMILES string of the molecule is Nc1cc(S(=O)(=O)NCc2cn[nH]c2)ccn1. The maximum atomic E-state index is 11.9. The molecule has 2 aromatic rings. The molecule has 0 bridgehead atoms. The highest BCUT2D eigenvalue weighted by molar-refractivity contribution is 7.89. The Labute approximate surface area is 98.1 Å². The number of nitrogens with two attached hydrogens (primary N) is 1. The molecule has 0 aliphatic carbocycles. The van der Waals surface area contributed by atoms with E-state index in [1.165, 1.54) is 18.3 Å². The minimum absolute atomic E-state index is 0.0912. The highest BCUT2D eigenvalue weighted by Crippen LogP contribution is 2.10. The third-order valence-electron chi connectivity index (χ3n) is 2.08. The number of H-pyrrole nitrogens is 1. The summed E-state index contributed by atoms with van der Waals surface area (Å²) in [6, 6.07) is 2.69. The quantitative estimate of drug-likeness (QED) is 0.702. The summed E-state index contributed by atoms with van der Waals surface area (Å²) >= 11 is 0. The van der Waals surface area contributed by atoms with E-state index in [9.17, 15) is 8.42 Å². The normalized spacial score (nSPS) is 11.5. The first-order valence-corrected chi connectivity index (χ1v) is 6.25. The van der Waals surface area contributed by atoms with E-state index in [1.54, 1.807) is 12.4 Å². The van der Waals surface area contributed by atoms with Gasteiger partial charge in [0.15, 0.2) is 0 Å². The lowest BCUT2D eigenvalue weighted by atomic mass is 10.4. The number of hydrogen-bond acceptors (Lipinski definition) is 5. The number of rotatable bonds is 4. The van der Waals surface area contributed by atoms with E-state index < -0.39 is 10.0 Å². The van der Waals surface area contributed by atoms with Crippen LogP contribution in [0.25, 0.3) is 0 Å². The Morgan fingerprint density at radius 3 is 2.94 bits per heavy atom. The van der Waals surface area contributed by atoms with Crippen LogP contribution in [0, 0.1) is 0 Å². The number of sulfonamides is 1. The summed E-state index contributed by atoms with van der Waals surface area (Å²) in [5, 5.41) is 6.32. The van der Waals surface area contributed by atoms with Gasteiger partial charge in [-0.3, -0.25) is 5.10 Å². The van der Waals surface area contributed by atoms with E-state index in [0.717, 1.165) is 5.56 Å². The van der Waals surface area contributed by atoms with Crippen molar-refractivity contribution in [3.05, 3.63) is 36.3 Å². The fourth-order valence-corrected chi connectivity index (χ4v) is 2.27. The van der Waals surface area contributed by atoms with E-state index >= 15 is 0 Å². The molecule has 2 rings (SSSR count). The van der Waals surface area contributed by atoms with Gasteiger partial charge in [0.05, 0.1) is 11.1 Å². The summed E-state index contributed by atoms with van der Waals surface area (Å²) in [4.78, 5) is 3.83. The van der Waals surface area contributed by atoms with Gasteiger partial charge in [0.1, 0.15) is 5.82 Å². The standard InChI is InChI=1S/C9H11N5O2S/c10-9-3-8(1-2-11-9)17(15,16)14-6-7-4-12-13-5-7/h1-5,14H,6H2,(H2,10,11)(H,12,13). The molecule has 0 aliphatic heterocycles. The van der Waals surface area contributed by atoms with Crippen LogP contribution >= 0.6 is 0 Å². The maximum Gasteiger partial charge on any atom is 0.241 e. The molecule has 17 heavy (non-hydrogen) atoms. The van der Waals surface area contributed by atoms with E-state index in [4.69, 9.17) is 5.73 Å². The van der Waals surface area contributed by atoms with E-state index in [2.05, 4.69) is 19.9 Å². The van der Waals surface area contributed by atoms with Crippen molar-refractivity contribution in [3.63, 3.8) is 0 Å². The molecular formula is C9H11N5O2S. The van der Waals surface area contributed by atoms with Crippen molar-refractivity contribution in [2.24, 2.45) is 0 Å². The van der Waals surface area contributed by atoms with Crippen LogP contribution in [0.1, 0.15) is 5.56 Å². The van der Waals surface area contributed by atoms with Crippen LogP contribution < -0.4 is 10.5 Å². The fraction of sp³-hybridized carbons (Fsp3) is 0.111. The van der Waals surface area contributed by atoms with Crippen LogP contribution in [-0.4, -0.2) is 23.6 Å². The van der Waals surface area contributed by atoms with Gasteiger partial charge in [0.2, 0.25) is 10.0 Å². The second kappa shape index (κ2) is 4.52. The molecule has 0 radical (unpaired) electrons. The second-order valence-electron chi connectivity index (χ2n) is 3.35. The Kier molecular flexibility index (Phi) is 3.07. The van der Waals surface area contributed by atoms with Crippen LogP contribution in [-0.2, 0) is 16.6 Å². The van der Waals surface area contributed by atoms with Gasteiger partial charge < -0.3 is 5.73 Å². The zero-order valence-electron chi connectivity index (χ0n) is 8.79. The van der Waals surface area contributed by atoms with Gasteiger partial charge in [-0.2, -0.15) is 5.10 Å². The average molecular weight is 253 g/mol. The zero-order chi connectivity index (χ0) is 12.3. The molecule has 90 valence electrons. The number of hydrogen-bond donors (Lipinski definition) is 3. The second-order valence-corrected chi connectivity index (χ2v) is 5.11. The summed E-state index contributed by atoms with van der Waals surface area (Å²) in [5.74, 6) is 0.163. The number of pyridine rings is 1. The number of nitrogens with one attached hydrogen (secondary N) is 2. The van der Waals surface area contributed by atoms with Crippen molar-refractivity contribution in [1.29, 1.82) is 0 Å². The molecule has 0 atom stereocenters. The Morgan fingerprint density at radius 1 is 1.47 bits per heavy atom. The van der Waals surface area contributed by atoms with Crippen molar-refractivity contribution in [2.45, 2.75) is 11.4 Å². The molecule has 0 fully saturated rings. The van der Waals surface area contributed by atoms with E-state index in [0.29, 0.717) is 0 Å². The van der Waals surface area contributed by atoms with Gasteiger partial charge in [-0.25, -0.2) is 18.1 Å². The molecule has 0 unspecified atom stereocenters. The third-order valence-corrected chi connectivity index (χ3v) is 3.48. The smallest absolute Gasteiger partial charge is 0.241 e. The van der Waals surface area contributed by atoms with Crippen molar-refractivity contribution in [3.8, 4) is 0 Å².